The summed E-state index contributed by atoms with van der Waals surface area (Å²) in [4.78, 5) is 30.6. The molecule has 2 amide bonds. The molecule has 1 aromatic heterocycles. The van der Waals surface area contributed by atoms with Crippen LogP contribution in [0, 0.1) is 5.41 Å². The molecule has 1 spiro atoms. The van der Waals surface area contributed by atoms with E-state index in [0.717, 1.165) is 16.8 Å². The number of rotatable bonds is 5. The minimum atomic E-state index is -0.729. The summed E-state index contributed by atoms with van der Waals surface area (Å²) in [7, 11) is 0. The molecule has 0 bridgehead atoms. The number of aromatic nitrogens is 1. The Morgan fingerprint density at radius 2 is 1.89 bits per heavy atom. The second-order valence-electron chi connectivity index (χ2n) is 9.80. The van der Waals surface area contributed by atoms with Crippen molar-refractivity contribution in [1.82, 2.24) is 15.0 Å². The Balaban J connectivity index is 1.39. The maximum atomic E-state index is 14.2. The predicted octanol–water partition coefficient (Wildman–Crippen LogP) is 4.65. The van der Waals surface area contributed by atoms with Gasteiger partial charge in [-0.25, -0.2) is 0 Å². The first-order chi connectivity index (χ1) is 17.4. The minimum absolute atomic E-state index is 0.0154. The van der Waals surface area contributed by atoms with Crippen LogP contribution < -0.4 is 0 Å². The maximum Gasteiger partial charge on any atom is 0.292 e. The Hall–Kier alpha value is -3.16. The maximum absolute atomic E-state index is 14.2. The normalized spacial score (nSPS) is 21.7. The quantitative estimate of drug-likeness (QED) is 0.543. The summed E-state index contributed by atoms with van der Waals surface area (Å²) in [5.41, 5.74) is 1.82. The number of carbonyl (C=O) groups is 2. The van der Waals surface area contributed by atoms with Gasteiger partial charge >= 0.3 is 0 Å². The average Bonchev–Trinajstić information content (AvgIpc) is 3.37. The highest BCUT2D eigenvalue weighted by Gasteiger charge is 2.52. The minimum Gasteiger partial charge on any atom is -0.391 e. The van der Waals surface area contributed by atoms with Crippen molar-refractivity contribution in [3.05, 3.63) is 88.3 Å². The van der Waals surface area contributed by atoms with E-state index in [1.54, 1.807) is 21.9 Å². The highest BCUT2D eigenvalue weighted by molar-refractivity contribution is 6.30. The summed E-state index contributed by atoms with van der Waals surface area (Å²) in [5, 5.41) is 15.9. The van der Waals surface area contributed by atoms with E-state index in [-0.39, 0.29) is 17.6 Å². The summed E-state index contributed by atoms with van der Waals surface area (Å²) in [6.45, 7) is 3.13. The molecule has 3 heterocycles. The van der Waals surface area contributed by atoms with Crippen LogP contribution in [0.2, 0.25) is 5.02 Å². The average molecular weight is 508 g/mol. The lowest BCUT2D eigenvalue weighted by Gasteiger charge is -2.51. The Bertz CT molecular complexity index is 1240. The summed E-state index contributed by atoms with van der Waals surface area (Å²) in [5.74, 6) is 0.0324. The van der Waals surface area contributed by atoms with Gasteiger partial charge in [-0.3, -0.25) is 9.59 Å². The predicted molar refractivity (Wildman–Crippen MR) is 135 cm³/mol. The fourth-order valence-electron chi connectivity index (χ4n) is 5.58. The van der Waals surface area contributed by atoms with Crippen LogP contribution in [0.5, 0.6) is 0 Å². The Labute approximate surface area is 215 Å². The molecule has 188 valence electrons. The van der Waals surface area contributed by atoms with Crippen LogP contribution >= 0.6 is 11.6 Å². The van der Waals surface area contributed by atoms with E-state index in [2.05, 4.69) is 5.16 Å². The van der Waals surface area contributed by atoms with Gasteiger partial charge < -0.3 is 19.4 Å². The molecule has 5 rings (SSSR count). The molecule has 2 aromatic carbocycles. The molecule has 36 heavy (non-hydrogen) atoms. The molecule has 2 fully saturated rings. The molecular weight excluding hydrogens is 478 g/mol. The third kappa shape index (κ3) is 4.65. The first kappa shape index (κ1) is 24.5. The number of amides is 2. The van der Waals surface area contributed by atoms with Crippen LogP contribution in [0.15, 0.2) is 65.2 Å². The summed E-state index contributed by atoms with van der Waals surface area (Å²) >= 11 is 6.23. The molecule has 1 N–H and O–H groups in total. The number of carbonyl (C=O) groups excluding carboxylic acids is 2. The van der Waals surface area contributed by atoms with Crippen molar-refractivity contribution in [3.8, 4) is 0 Å². The van der Waals surface area contributed by atoms with Crippen molar-refractivity contribution >= 4 is 23.4 Å². The fourth-order valence-corrected chi connectivity index (χ4v) is 5.80. The molecule has 0 saturated carbocycles. The summed E-state index contributed by atoms with van der Waals surface area (Å²) in [6.07, 6.45) is 1.29. The van der Waals surface area contributed by atoms with Gasteiger partial charge in [0.1, 0.15) is 0 Å². The van der Waals surface area contributed by atoms with Crippen molar-refractivity contribution in [3.63, 3.8) is 0 Å². The first-order valence-corrected chi connectivity index (χ1v) is 12.8. The van der Waals surface area contributed by atoms with Crippen LogP contribution in [0.1, 0.15) is 59.6 Å². The van der Waals surface area contributed by atoms with Crippen molar-refractivity contribution < 1.29 is 19.2 Å². The lowest BCUT2D eigenvalue weighted by atomic mass is 9.68. The molecule has 3 aromatic rings. The zero-order chi connectivity index (χ0) is 25.3. The van der Waals surface area contributed by atoms with Crippen LogP contribution in [0.4, 0.5) is 0 Å². The molecule has 0 radical (unpaired) electrons. The fraction of sp³-hybridized carbons (Fsp3) is 0.393. The first-order valence-electron chi connectivity index (χ1n) is 12.4. The number of hydrogen-bond donors (Lipinski definition) is 1. The van der Waals surface area contributed by atoms with Gasteiger partial charge in [-0.05, 0) is 48.9 Å². The van der Waals surface area contributed by atoms with E-state index >= 15 is 0 Å². The number of aliphatic hydroxyl groups excluding tert-OH is 1. The number of aliphatic hydroxyl groups is 1. The van der Waals surface area contributed by atoms with Crippen molar-refractivity contribution in [2.45, 2.75) is 51.3 Å². The topological polar surface area (TPSA) is 86.9 Å². The lowest BCUT2D eigenvalue weighted by molar-refractivity contribution is -0.164. The van der Waals surface area contributed by atoms with Gasteiger partial charge in [-0.15, -0.1) is 0 Å². The van der Waals surface area contributed by atoms with Gasteiger partial charge in [0.15, 0.2) is 0 Å². The molecule has 2 aliphatic heterocycles. The highest BCUT2D eigenvalue weighted by Crippen LogP contribution is 2.47. The van der Waals surface area contributed by atoms with Crippen LogP contribution in [0.25, 0.3) is 0 Å². The van der Waals surface area contributed by atoms with Gasteiger partial charge in [-0.1, -0.05) is 66.1 Å². The van der Waals surface area contributed by atoms with Gasteiger partial charge in [0.25, 0.3) is 5.91 Å². The second kappa shape index (κ2) is 10.1. The Morgan fingerprint density at radius 3 is 2.56 bits per heavy atom. The number of aryl methyl sites for hydroxylation is 1. The largest absolute Gasteiger partial charge is 0.391 e. The number of halogens is 1. The highest BCUT2D eigenvalue weighted by atomic mass is 35.5. The summed E-state index contributed by atoms with van der Waals surface area (Å²) < 4.78 is 5.23. The van der Waals surface area contributed by atoms with E-state index in [1.165, 1.54) is 0 Å². The number of benzene rings is 2. The van der Waals surface area contributed by atoms with Crippen molar-refractivity contribution in [2.75, 3.05) is 13.1 Å². The number of hydrogen-bond acceptors (Lipinski definition) is 5. The standard InChI is InChI=1S/C28H30ClN3O4/c1-2-22-16-24(36-30-22)26(34)31-13-11-28(12-14-31)17-23(33)25(20-8-4-3-5-9-20)32(27(28)35)18-19-7-6-10-21(29)15-19/h3-10,15-16,23,25,33H,2,11-14,17-18H2,1H3/t23-,25+/m1/s1. The molecule has 2 aliphatic rings. The van der Waals surface area contributed by atoms with E-state index in [1.807, 2.05) is 55.5 Å². The third-order valence-corrected chi connectivity index (χ3v) is 7.77. The van der Waals surface area contributed by atoms with E-state index in [9.17, 15) is 14.7 Å². The number of nitrogens with zero attached hydrogens (tertiary/aromatic N) is 3. The number of piperidine rings is 2. The SMILES string of the molecule is CCc1cc(C(=O)N2CCC3(CC2)C[C@@H](O)[C@H](c2ccccc2)N(Cc2cccc(Cl)c2)C3=O)on1. The molecule has 0 unspecified atom stereocenters. The smallest absolute Gasteiger partial charge is 0.292 e. The molecule has 2 saturated heterocycles. The van der Waals surface area contributed by atoms with Gasteiger partial charge in [0.05, 0.1) is 23.3 Å². The van der Waals surface area contributed by atoms with Gasteiger partial charge in [0.2, 0.25) is 11.7 Å². The Morgan fingerprint density at radius 1 is 1.14 bits per heavy atom. The van der Waals surface area contributed by atoms with Gasteiger partial charge in [0, 0.05) is 30.7 Å². The molecule has 7 nitrogen and oxygen atoms in total. The summed E-state index contributed by atoms with van der Waals surface area (Å²) in [6, 6.07) is 18.4. The second-order valence-corrected chi connectivity index (χ2v) is 10.2. The lowest BCUT2D eigenvalue weighted by Crippen LogP contribution is -2.58. The number of likely N-dealkylation sites (tertiary alicyclic amines) is 2. The monoisotopic (exact) mass is 507 g/mol. The zero-order valence-corrected chi connectivity index (χ0v) is 21.0. The molecule has 2 atom stereocenters. The van der Waals surface area contributed by atoms with E-state index in [0.29, 0.717) is 50.3 Å². The molecular formula is C28H30ClN3O4. The van der Waals surface area contributed by atoms with Crippen LogP contribution in [-0.2, 0) is 17.8 Å². The zero-order valence-electron chi connectivity index (χ0n) is 20.3. The molecule has 8 heteroatoms. The van der Waals surface area contributed by atoms with Crippen molar-refractivity contribution in [1.29, 1.82) is 0 Å². The van der Waals surface area contributed by atoms with E-state index in [4.69, 9.17) is 16.1 Å². The van der Waals surface area contributed by atoms with E-state index < -0.39 is 17.6 Å². The van der Waals surface area contributed by atoms with Crippen molar-refractivity contribution in [2.24, 2.45) is 5.41 Å². The Kier molecular flexibility index (Phi) is 6.86. The van der Waals surface area contributed by atoms with Gasteiger partial charge in [-0.2, -0.15) is 0 Å². The van der Waals surface area contributed by atoms with Crippen LogP contribution in [-0.4, -0.2) is 51.1 Å². The molecule has 0 aliphatic carbocycles. The third-order valence-electron chi connectivity index (χ3n) is 7.54. The van der Waals surface area contributed by atoms with Crippen LogP contribution in [0.3, 0.4) is 0 Å².